The smallest absolute Gasteiger partial charge is 0.406 e. The zero-order valence-electron chi connectivity index (χ0n) is 20.7. The Kier molecular flexibility index (Phi) is 16.4. The first kappa shape index (κ1) is 28.8. The van der Waals surface area contributed by atoms with Gasteiger partial charge in [0.1, 0.15) is 5.75 Å². The van der Waals surface area contributed by atoms with E-state index in [0.717, 1.165) is 25.7 Å². The van der Waals surface area contributed by atoms with Crippen LogP contribution >= 0.6 is 0 Å². The molecule has 0 atom stereocenters. The molecule has 1 rings (SSSR count). The highest BCUT2D eigenvalue weighted by molar-refractivity contribution is 6.72. The minimum atomic E-state index is -3.64. The second kappa shape index (κ2) is 18.2. The average Bonchev–Trinajstić information content (AvgIpc) is 2.76. The molecular weight excluding hydrogens is 403 g/mol. The summed E-state index contributed by atoms with van der Waals surface area (Å²) in [7, 11) is 0. The minimum absolute atomic E-state index is 0.0158. The van der Waals surface area contributed by atoms with Gasteiger partial charge in [-0.3, -0.25) is 0 Å². The van der Waals surface area contributed by atoms with Crippen LogP contribution in [0.3, 0.4) is 0 Å². The van der Waals surface area contributed by atoms with E-state index in [1.807, 2.05) is 0 Å². The van der Waals surface area contributed by atoms with Gasteiger partial charge in [-0.05, 0) is 31.0 Å². The van der Waals surface area contributed by atoms with Crippen molar-refractivity contribution in [1.82, 2.24) is 0 Å². The first-order chi connectivity index (χ1) is 15.5. The summed E-state index contributed by atoms with van der Waals surface area (Å²) >= 11 is 0. The normalized spacial score (nSPS) is 11.7. The molecule has 0 bridgehead atoms. The number of rotatable bonds is 21. The van der Waals surface area contributed by atoms with Crippen molar-refractivity contribution in [3.8, 4) is 11.5 Å². The van der Waals surface area contributed by atoms with Gasteiger partial charge in [-0.25, -0.2) is 0 Å². The maximum Gasteiger partial charge on any atom is 0.406 e. The van der Waals surface area contributed by atoms with Gasteiger partial charge in [0, 0.05) is 0 Å². The molecule has 0 fully saturated rings. The molecule has 0 radical (unpaired) electrons. The lowest BCUT2D eigenvalue weighted by Gasteiger charge is -2.25. The quantitative estimate of drug-likeness (QED) is 0.161. The highest BCUT2D eigenvalue weighted by atomic mass is 16.6. The summed E-state index contributed by atoms with van der Waals surface area (Å²) in [6.45, 7) is 1.88. The molecule has 1 aromatic carbocycles. The van der Waals surface area contributed by atoms with Crippen LogP contribution in [0.4, 0.5) is 0 Å². The van der Waals surface area contributed by atoms with Crippen LogP contribution in [-0.4, -0.2) is 35.0 Å². The Labute approximate surface area is 196 Å². The fourth-order valence-corrected chi connectivity index (χ4v) is 3.89. The first-order valence-corrected chi connectivity index (χ1v) is 13.2. The van der Waals surface area contributed by atoms with Crippen LogP contribution in [0.5, 0.6) is 11.5 Å². The van der Waals surface area contributed by atoms with Gasteiger partial charge in [-0.15, -0.1) is 0 Å². The molecule has 6 heteroatoms. The fraction of sp³-hybridized carbons (Fsp3) is 0.769. The van der Waals surface area contributed by atoms with Crippen molar-refractivity contribution in [2.45, 2.75) is 117 Å². The second-order valence-electron chi connectivity index (χ2n) is 9.08. The standard InChI is InChI=1S/C26H48BO5/c1-3-5-7-9-11-13-15-17-21-31-24-19-20-26(25(23-24)27(28,29)30)32-22-18-16-14-12-10-8-6-4-2/h19-20,23,28-30H,3-18,21-22H2,1-2H3/q-1. The number of hydrogen-bond donors (Lipinski definition) is 3. The van der Waals surface area contributed by atoms with Crippen molar-refractivity contribution >= 4 is 12.2 Å². The van der Waals surface area contributed by atoms with Crippen LogP contribution in [-0.2, 0) is 0 Å². The zero-order valence-corrected chi connectivity index (χ0v) is 20.7. The van der Waals surface area contributed by atoms with Gasteiger partial charge in [0.05, 0.1) is 19.0 Å². The van der Waals surface area contributed by atoms with E-state index >= 15 is 0 Å². The molecule has 0 aliphatic heterocycles. The van der Waals surface area contributed by atoms with Gasteiger partial charge in [0.2, 0.25) is 0 Å². The van der Waals surface area contributed by atoms with E-state index < -0.39 is 6.75 Å². The number of benzene rings is 1. The summed E-state index contributed by atoms with van der Waals surface area (Å²) in [5, 5.41) is 29.4. The van der Waals surface area contributed by atoms with E-state index in [0.29, 0.717) is 24.7 Å². The third kappa shape index (κ3) is 14.0. The summed E-state index contributed by atoms with van der Waals surface area (Å²) in [6, 6.07) is 4.90. The van der Waals surface area contributed by atoms with Crippen LogP contribution < -0.4 is 14.9 Å². The van der Waals surface area contributed by atoms with Gasteiger partial charge in [-0.1, -0.05) is 109 Å². The van der Waals surface area contributed by atoms with Crippen molar-refractivity contribution in [3.63, 3.8) is 0 Å². The zero-order chi connectivity index (χ0) is 23.5. The predicted octanol–water partition coefficient (Wildman–Crippen LogP) is 5.85. The molecule has 0 saturated carbocycles. The summed E-state index contributed by atoms with van der Waals surface area (Å²) < 4.78 is 11.5. The molecule has 0 heterocycles. The van der Waals surface area contributed by atoms with Gasteiger partial charge < -0.3 is 24.5 Å². The number of ether oxygens (including phenoxy) is 2. The van der Waals surface area contributed by atoms with Crippen LogP contribution in [0.2, 0.25) is 0 Å². The monoisotopic (exact) mass is 451 g/mol. The van der Waals surface area contributed by atoms with E-state index in [9.17, 15) is 15.1 Å². The van der Waals surface area contributed by atoms with Crippen molar-refractivity contribution in [2.75, 3.05) is 13.2 Å². The maximum atomic E-state index is 9.81. The molecule has 32 heavy (non-hydrogen) atoms. The fourth-order valence-electron chi connectivity index (χ4n) is 3.89. The van der Waals surface area contributed by atoms with Gasteiger partial charge in [0.15, 0.2) is 0 Å². The Bertz CT molecular complexity index is 574. The van der Waals surface area contributed by atoms with Crippen molar-refractivity contribution in [1.29, 1.82) is 0 Å². The molecule has 0 aliphatic rings. The Hall–Kier alpha value is -1.24. The molecule has 186 valence electrons. The molecule has 0 saturated heterocycles. The van der Waals surface area contributed by atoms with E-state index in [-0.39, 0.29) is 5.46 Å². The van der Waals surface area contributed by atoms with Gasteiger partial charge >= 0.3 is 6.75 Å². The first-order valence-electron chi connectivity index (χ1n) is 13.2. The van der Waals surface area contributed by atoms with Crippen molar-refractivity contribution in [3.05, 3.63) is 18.2 Å². The number of unbranched alkanes of at least 4 members (excludes halogenated alkanes) is 14. The maximum absolute atomic E-state index is 9.81. The van der Waals surface area contributed by atoms with Crippen molar-refractivity contribution < 1.29 is 24.5 Å². The SMILES string of the molecule is CCCCCCCCCCOc1ccc(OCCCCCCCCCC)c([B-](O)(O)O)c1. The molecule has 0 spiro atoms. The Morgan fingerprint density at radius 2 is 1.03 bits per heavy atom. The summed E-state index contributed by atoms with van der Waals surface area (Å²) in [4.78, 5) is 0. The molecule has 0 aromatic heterocycles. The van der Waals surface area contributed by atoms with Crippen LogP contribution in [0.1, 0.15) is 117 Å². The summed E-state index contributed by atoms with van der Waals surface area (Å²) in [6.07, 6.45) is 19.5. The van der Waals surface area contributed by atoms with E-state index in [1.54, 1.807) is 12.1 Å². The summed E-state index contributed by atoms with van der Waals surface area (Å²) in [5.74, 6) is 0.825. The van der Waals surface area contributed by atoms with Crippen molar-refractivity contribution in [2.24, 2.45) is 0 Å². The second-order valence-corrected chi connectivity index (χ2v) is 9.08. The number of hydrogen-bond acceptors (Lipinski definition) is 5. The topological polar surface area (TPSA) is 79.2 Å². The van der Waals surface area contributed by atoms with E-state index in [2.05, 4.69) is 13.8 Å². The van der Waals surface area contributed by atoms with E-state index in [4.69, 9.17) is 9.47 Å². The molecule has 3 N–H and O–H groups in total. The molecule has 0 amide bonds. The largest absolute Gasteiger partial charge is 0.556 e. The van der Waals surface area contributed by atoms with Crippen LogP contribution in [0.25, 0.3) is 0 Å². The van der Waals surface area contributed by atoms with E-state index in [1.165, 1.54) is 83.1 Å². The lowest BCUT2D eigenvalue weighted by molar-refractivity contribution is 0.244. The predicted molar refractivity (Wildman–Crippen MR) is 135 cm³/mol. The highest BCUT2D eigenvalue weighted by Gasteiger charge is 2.23. The summed E-state index contributed by atoms with van der Waals surface area (Å²) in [5.41, 5.74) is -0.0158. The van der Waals surface area contributed by atoms with Gasteiger partial charge in [0.25, 0.3) is 0 Å². The molecule has 5 nitrogen and oxygen atoms in total. The highest BCUT2D eigenvalue weighted by Crippen LogP contribution is 2.19. The Morgan fingerprint density at radius 3 is 1.50 bits per heavy atom. The van der Waals surface area contributed by atoms with Crippen LogP contribution in [0.15, 0.2) is 18.2 Å². The van der Waals surface area contributed by atoms with Crippen LogP contribution in [0, 0.1) is 0 Å². The molecule has 0 unspecified atom stereocenters. The Balaban J connectivity index is 2.32. The third-order valence-corrected chi connectivity index (χ3v) is 5.92. The van der Waals surface area contributed by atoms with Gasteiger partial charge in [-0.2, -0.15) is 0 Å². The average molecular weight is 451 g/mol. The lowest BCUT2D eigenvalue weighted by atomic mass is 9.70. The third-order valence-electron chi connectivity index (χ3n) is 5.92. The molecule has 0 aliphatic carbocycles. The molecule has 1 aromatic rings. The Morgan fingerprint density at radius 1 is 0.594 bits per heavy atom. The minimum Gasteiger partial charge on any atom is -0.556 e. The molecular formula is C26H48BO5-. The lowest BCUT2D eigenvalue weighted by Crippen LogP contribution is -2.49.